The zero-order valence-electron chi connectivity index (χ0n) is 14.7. The quantitative estimate of drug-likeness (QED) is 0.664. The Labute approximate surface area is 149 Å². The third kappa shape index (κ3) is 4.93. The van der Waals surface area contributed by atoms with Crippen molar-refractivity contribution in [2.75, 3.05) is 33.4 Å². The average molecular weight is 370 g/mol. The highest BCUT2D eigenvalue weighted by molar-refractivity contribution is 7.89. The molecular weight excluding hydrogens is 344 g/mol. The van der Waals surface area contributed by atoms with Crippen molar-refractivity contribution in [2.45, 2.75) is 37.1 Å². The van der Waals surface area contributed by atoms with Crippen LogP contribution in [0.3, 0.4) is 0 Å². The second kappa shape index (κ2) is 9.17. The summed E-state index contributed by atoms with van der Waals surface area (Å²) in [4.78, 5) is 12.5. The van der Waals surface area contributed by atoms with Gasteiger partial charge < -0.3 is 14.8 Å². The maximum absolute atomic E-state index is 12.9. The van der Waals surface area contributed by atoms with Gasteiger partial charge in [-0.3, -0.25) is 4.79 Å². The predicted octanol–water partition coefficient (Wildman–Crippen LogP) is 1.39. The molecule has 25 heavy (non-hydrogen) atoms. The van der Waals surface area contributed by atoms with Gasteiger partial charge in [-0.25, -0.2) is 8.42 Å². The van der Waals surface area contributed by atoms with E-state index in [1.807, 2.05) is 6.92 Å². The highest BCUT2D eigenvalue weighted by atomic mass is 32.2. The van der Waals surface area contributed by atoms with Gasteiger partial charge in [-0.15, -0.1) is 0 Å². The number of amides is 1. The molecule has 1 aliphatic heterocycles. The summed E-state index contributed by atoms with van der Waals surface area (Å²) >= 11 is 0. The molecule has 1 fully saturated rings. The number of rotatable bonds is 9. The van der Waals surface area contributed by atoms with E-state index in [0.717, 1.165) is 0 Å². The maximum Gasteiger partial charge on any atom is 0.243 e. The highest BCUT2D eigenvalue weighted by Crippen LogP contribution is 2.27. The van der Waals surface area contributed by atoms with Gasteiger partial charge in [0, 0.05) is 26.8 Å². The van der Waals surface area contributed by atoms with E-state index in [9.17, 15) is 13.2 Å². The van der Waals surface area contributed by atoms with Crippen molar-refractivity contribution in [1.82, 2.24) is 9.62 Å². The van der Waals surface area contributed by atoms with Crippen molar-refractivity contribution in [2.24, 2.45) is 0 Å². The lowest BCUT2D eigenvalue weighted by molar-refractivity contribution is -0.124. The Morgan fingerprint density at radius 2 is 2.04 bits per heavy atom. The molecule has 1 aromatic carbocycles. The van der Waals surface area contributed by atoms with Gasteiger partial charge in [0.25, 0.3) is 0 Å². The zero-order chi connectivity index (χ0) is 18.3. The number of benzene rings is 1. The summed E-state index contributed by atoms with van der Waals surface area (Å²) in [5, 5.41) is 2.79. The van der Waals surface area contributed by atoms with Crippen molar-refractivity contribution >= 4 is 15.9 Å². The van der Waals surface area contributed by atoms with Crippen molar-refractivity contribution < 1.29 is 22.7 Å². The molecule has 2 rings (SSSR count). The van der Waals surface area contributed by atoms with Crippen LogP contribution in [0.4, 0.5) is 0 Å². The van der Waals surface area contributed by atoms with Gasteiger partial charge in [0.15, 0.2) is 0 Å². The number of carbonyl (C=O) groups excluding carboxylic acids is 1. The lowest BCUT2D eigenvalue weighted by Crippen LogP contribution is -2.46. The second-order valence-corrected chi connectivity index (χ2v) is 7.71. The van der Waals surface area contributed by atoms with Gasteiger partial charge in [-0.05, 0) is 50.5 Å². The minimum atomic E-state index is -3.71. The predicted molar refractivity (Wildman–Crippen MR) is 94.0 cm³/mol. The van der Waals surface area contributed by atoms with E-state index in [1.165, 1.54) is 16.4 Å². The fraction of sp³-hybridized carbons (Fsp3) is 0.588. The fourth-order valence-electron chi connectivity index (χ4n) is 2.85. The molecule has 0 bridgehead atoms. The van der Waals surface area contributed by atoms with Crippen LogP contribution >= 0.6 is 0 Å². The normalized spacial score (nSPS) is 18.2. The van der Waals surface area contributed by atoms with Crippen molar-refractivity contribution in [1.29, 1.82) is 0 Å². The van der Waals surface area contributed by atoms with Crippen molar-refractivity contribution in [3.63, 3.8) is 0 Å². The lowest BCUT2D eigenvalue weighted by Gasteiger charge is -2.23. The Bertz CT molecular complexity index is 660. The Kier molecular flexibility index (Phi) is 7.22. The summed E-state index contributed by atoms with van der Waals surface area (Å²) in [7, 11) is -2.11. The first-order valence-electron chi connectivity index (χ1n) is 8.52. The topological polar surface area (TPSA) is 84.9 Å². The summed E-state index contributed by atoms with van der Waals surface area (Å²) in [5.41, 5.74) is 0. The summed E-state index contributed by atoms with van der Waals surface area (Å²) in [5.74, 6) is 0.374. The molecule has 1 unspecified atom stereocenters. The molecule has 1 amide bonds. The summed E-state index contributed by atoms with van der Waals surface area (Å²) in [6.07, 6.45) is 1.90. The van der Waals surface area contributed by atoms with Crippen LogP contribution in [0.25, 0.3) is 0 Å². The van der Waals surface area contributed by atoms with Gasteiger partial charge in [-0.2, -0.15) is 4.31 Å². The first kappa shape index (κ1) is 19.7. The van der Waals surface area contributed by atoms with Crippen LogP contribution in [0, 0.1) is 0 Å². The molecule has 0 radical (unpaired) electrons. The maximum atomic E-state index is 12.9. The summed E-state index contributed by atoms with van der Waals surface area (Å²) in [6.45, 7) is 3.76. The van der Waals surface area contributed by atoms with E-state index in [0.29, 0.717) is 51.3 Å². The Morgan fingerprint density at radius 1 is 1.32 bits per heavy atom. The highest BCUT2D eigenvalue weighted by Gasteiger charge is 2.39. The Balaban J connectivity index is 2.07. The van der Waals surface area contributed by atoms with Crippen LogP contribution in [0.2, 0.25) is 0 Å². The number of ether oxygens (including phenoxy) is 2. The number of sulfonamides is 1. The first-order valence-corrected chi connectivity index (χ1v) is 9.96. The molecule has 0 aromatic heterocycles. The minimum Gasteiger partial charge on any atom is -0.494 e. The van der Waals surface area contributed by atoms with Gasteiger partial charge in [0.2, 0.25) is 15.9 Å². The fourth-order valence-corrected chi connectivity index (χ4v) is 4.50. The van der Waals surface area contributed by atoms with Crippen LogP contribution in [-0.2, 0) is 19.6 Å². The number of methoxy groups -OCH3 is 1. The van der Waals surface area contributed by atoms with Crippen LogP contribution in [0.15, 0.2) is 29.2 Å². The van der Waals surface area contributed by atoms with Gasteiger partial charge >= 0.3 is 0 Å². The van der Waals surface area contributed by atoms with E-state index in [-0.39, 0.29) is 10.8 Å². The van der Waals surface area contributed by atoms with E-state index < -0.39 is 16.1 Å². The standard InChI is InChI=1S/C17H26N2O5S/c1-3-24-14-7-9-15(10-8-14)25(21,22)19-12-4-6-16(19)17(20)18-11-5-13-23-2/h7-10,16H,3-6,11-13H2,1-2H3,(H,18,20). The van der Waals surface area contributed by atoms with E-state index in [1.54, 1.807) is 19.2 Å². The summed E-state index contributed by atoms with van der Waals surface area (Å²) < 4.78 is 37.3. The molecular formula is C17H26N2O5S. The number of hydrogen-bond acceptors (Lipinski definition) is 5. The summed E-state index contributed by atoms with van der Waals surface area (Å²) in [6, 6.07) is 5.65. The number of nitrogens with one attached hydrogen (secondary N) is 1. The zero-order valence-corrected chi connectivity index (χ0v) is 15.5. The average Bonchev–Trinajstić information content (AvgIpc) is 3.10. The molecule has 1 saturated heterocycles. The van der Waals surface area contributed by atoms with Crippen LogP contribution in [0.5, 0.6) is 5.75 Å². The molecule has 140 valence electrons. The molecule has 1 N–H and O–H groups in total. The molecule has 1 atom stereocenters. The second-order valence-electron chi connectivity index (χ2n) is 5.82. The molecule has 0 spiro atoms. The molecule has 0 saturated carbocycles. The van der Waals surface area contributed by atoms with E-state index >= 15 is 0 Å². The van der Waals surface area contributed by atoms with Gasteiger partial charge in [0.1, 0.15) is 11.8 Å². The third-order valence-corrected chi connectivity index (χ3v) is 5.99. The smallest absolute Gasteiger partial charge is 0.243 e. The molecule has 1 aliphatic rings. The molecule has 1 heterocycles. The molecule has 8 heteroatoms. The van der Waals surface area contributed by atoms with E-state index in [2.05, 4.69) is 5.32 Å². The van der Waals surface area contributed by atoms with Crippen LogP contribution in [0.1, 0.15) is 26.2 Å². The van der Waals surface area contributed by atoms with Crippen molar-refractivity contribution in [3.05, 3.63) is 24.3 Å². The third-order valence-electron chi connectivity index (χ3n) is 4.07. The van der Waals surface area contributed by atoms with E-state index in [4.69, 9.17) is 9.47 Å². The molecule has 1 aromatic rings. The van der Waals surface area contributed by atoms with Gasteiger partial charge in [0.05, 0.1) is 11.5 Å². The molecule has 7 nitrogen and oxygen atoms in total. The first-order chi connectivity index (χ1) is 12.0. The lowest BCUT2D eigenvalue weighted by atomic mass is 10.2. The largest absolute Gasteiger partial charge is 0.494 e. The SMILES string of the molecule is CCOc1ccc(S(=O)(=O)N2CCCC2C(=O)NCCCOC)cc1. The Morgan fingerprint density at radius 3 is 2.68 bits per heavy atom. The number of carbonyl (C=O) groups is 1. The number of nitrogens with zero attached hydrogens (tertiary/aromatic N) is 1. The van der Waals surface area contributed by atoms with Crippen LogP contribution < -0.4 is 10.1 Å². The Hall–Kier alpha value is -1.64. The van der Waals surface area contributed by atoms with Crippen molar-refractivity contribution in [3.8, 4) is 5.75 Å². The van der Waals surface area contributed by atoms with Gasteiger partial charge in [-0.1, -0.05) is 0 Å². The van der Waals surface area contributed by atoms with Crippen LogP contribution in [-0.4, -0.2) is 58.1 Å². The minimum absolute atomic E-state index is 0.176. The number of hydrogen-bond donors (Lipinski definition) is 1. The molecule has 0 aliphatic carbocycles. The monoisotopic (exact) mass is 370 g/mol.